The predicted molar refractivity (Wildman–Crippen MR) is 261 cm³/mol. The first-order valence-corrected chi connectivity index (χ1v) is 23.3. The minimum atomic E-state index is -4.45. The molecule has 0 saturated carbocycles. The highest BCUT2D eigenvalue weighted by atomic mass is 19.4. The number of pyridine rings is 3. The number of aromatic nitrogens is 9. The van der Waals surface area contributed by atoms with Crippen LogP contribution < -0.4 is 31.5 Å². The lowest BCUT2D eigenvalue weighted by Gasteiger charge is -2.13. The lowest BCUT2D eigenvalue weighted by atomic mass is 10.0. The minimum Gasteiger partial charge on any atom is -0.490 e. The van der Waals surface area contributed by atoms with E-state index in [2.05, 4.69) is 58.9 Å². The van der Waals surface area contributed by atoms with Crippen LogP contribution >= 0.6 is 0 Å². The van der Waals surface area contributed by atoms with Crippen molar-refractivity contribution in [1.82, 2.24) is 45.4 Å². The van der Waals surface area contributed by atoms with E-state index >= 15 is 0 Å². The smallest absolute Gasteiger partial charge is 0.439 e. The summed E-state index contributed by atoms with van der Waals surface area (Å²) in [6, 6.07) is 18.1. The number of aromatic amines is 3. The second-order valence-electron chi connectivity index (χ2n) is 16.6. The van der Waals surface area contributed by atoms with Gasteiger partial charge >= 0.3 is 41.8 Å². The molecular formula is C51H38F9N9O13. The quantitative estimate of drug-likeness (QED) is 0.0410. The number of nitrogens with one attached hydrogen (secondary N) is 3. The second-order valence-corrected chi connectivity index (χ2v) is 16.6. The Balaban J connectivity index is 0.000000177. The molecule has 0 bridgehead atoms. The summed E-state index contributed by atoms with van der Waals surface area (Å²) in [6.45, 7) is -1.12. The van der Waals surface area contributed by atoms with Gasteiger partial charge in [0.05, 0.1) is 57.1 Å². The lowest BCUT2D eigenvalue weighted by molar-refractivity contribution is -0.139. The van der Waals surface area contributed by atoms with Crippen LogP contribution in [0.1, 0.15) is 50.5 Å². The number of benzene rings is 3. The van der Waals surface area contributed by atoms with Gasteiger partial charge in [-0.25, -0.2) is 19.2 Å². The minimum absolute atomic E-state index is 0.00117. The van der Waals surface area contributed by atoms with E-state index < -0.39 is 65.1 Å². The van der Waals surface area contributed by atoms with Crippen molar-refractivity contribution < 1.29 is 87.1 Å². The Kier molecular flexibility index (Phi) is 19.0. The van der Waals surface area contributed by atoms with Crippen molar-refractivity contribution in [3.05, 3.63) is 192 Å². The maximum absolute atomic E-state index is 12.7. The molecule has 9 rings (SSSR count). The standard InChI is InChI=1S/C17H12F3N3O5.C17H14F3N3O4.C17H12F3N3O4/c18-17(19,20)10-3-1-9(2-4-10)7-11-14(15-22-16(26)28-23-15)12(5-6-21-11)27-8-13(24)25;2*18-17(19,20)11-3-1-10(2-4-11)9-12-14(15-22-16(25)27-23-15)13(5-6-21-12)26-8-7-24/h1-6H,7-8H2,(H,24,25)(H,22,23,26);1-6,24H,7-9H2,(H,22,23,25);1-7H,8-9H2,(H,22,23,25). The molecule has 82 heavy (non-hydrogen) atoms. The number of alkyl halides is 9. The van der Waals surface area contributed by atoms with Crippen molar-refractivity contribution in [3.8, 4) is 51.4 Å². The van der Waals surface area contributed by atoms with Gasteiger partial charge in [-0.05, 0) is 71.3 Å². The van der Waals surface area contributed by atoms with Gasteiger partial charge in [-0.2, -0.15) is 39.5 Å². The predicted octanol–water partition coefficient (Wildman–Crippen LogP) is 7.52. The fourth-order valence-corrected chi connectivity index (χ4v) is 7.42. The van der Waals surface area contributed by atoms with Crippen LogP contribution in [0.3, 0.4) is 0 Å². The molecule has 6 aromatic heterocycles. The Morgan fingerprint density at radius 1 is 0.500 bits per heavy atom. The monoisotopic (exact) mass is 1160 g/mol. The average molecular weight is 1160 g/mol. The Morgan fingerprint density at radius 2 is 0.817 bits per heavy atom. The van der Waals surface area contributed by atoms with E-state index in [4.69, 9.17) is 24.4 Å². The molecule has 9 aromatic rings. The normalized spacial score (nSPS) is 11.4. The summed E-state index contributed by atoms with van der Waals surface area (Å²) in [5.41, 5.74) is 1.20. The fraction of sp³-hybridized carbons (Fsp3) is 0.196. The molecule has 0 amide bonds. The molecule has 0 radical (unpaired) electrons. The van der Waals surface area contributed by atoms with Crippen LogP contribution in [0.2, 0.25) is 0 Å². The molecule has 5 N–H and O–H groups in total. The number of ether oxygens (including phenoxy) is 3. The molecule has 0 fully saturated rings. The molecular weight excluding hydrogens is 1120 g/mol. The van der Waals surface area contributed by atoms with Crippen LogP contribution in [0.4, 0.5) is 39.5 Å². The van der Waals surface area contributed by atoms with Crippen molar-refractivity contribution >= 4 is 12.3 Å². The molecule has 0 unspecified atom stereocenters. The highest BCUT2D eigenvalue weighted by Crippen LogP contribution is 2.36. The van der Waals surface area contributed by atoms with Gasteiger partial charge in [0.15, 0.2) is 30.4 Å². The summed E-state index contributed by atoms with van der Waals surface area (Å²) >= 11 is 0. The zero-order valence-electron chi connectivity index (χ0n) is 41.4. The number of aldehydes is 1. The van der Waals surface area contributed by atoms with E-state index in [1.165, 1.54) is 73.2 Å². The highest BCUT2D eigenvalue weighted by Gasteiger charge is 2.32. The molecule has 0 aliphatic heterocycles. The number of carbonyl (C=O) groups excluding carboxylic acids is 1. The van der Waals surface area contributed by atoms with Gasteiger partial charge in [-0.3, -0.25) is 48.3 Å². The maximum atomic E-state index is 12.7. The number of aliphatic hydroxyl groups excluding tert-OH is 1. The van der Waals surface area contributed by atoms with Gasteiger partial charge in [0.2, 0.25) is 0 Å². The molecule has 0 aliphatic carbocycles. The average Bonchev–Trinajstić information content (AvgIpc) is 4.20. The van der Waals surface area contributed by atoms with Gasteiger partial charge < -0.3 is 24.4 Å². The summed E-state index contributed by atoms with van der Waals surface area (Å²) in [7, 11) is 0. The van der Waals surface area contributed by atoms with Crippen molar-refractivity contribution in [1.29, 1.82) is 0 Å². The molecule has 0 spiro atoms. The van der Waals surface area contributed by atoms with E-state index in [0.29, 0.717) is 51.4 Å². The van der Waals surface area contributed by atoms with Gasteiger partial charge in [-0.15, -0.1) is 0 Å². The van der Waals surface area contributed by atoms with Crippen molar-refractivity contribution in [2.75, 3.05) is 26.4 Å². The van der Waals surface area contributed by atoms with Crippen LogP contribution in [0.5, 0.6) is 17.2 Å². The fourth-order valence-electron chi connectivity index (χ4n) is 7.42. The molecule has 428 valence electrons. The SMILES string of the molecule is O=C(O)COc1ccnc(Cc2ccc(C(F)(F)F)cc2)c1-c1noc(=O)[nH]1.O=CCOc1ccnc(Cc2ccc(C(F)(F)F)cc2)c1-c1noc(=O)[nH]1.O=c1[nH]c(-c2c(OCCO)ccnc2Cc2ccc(C(F)(F)F)cc2)no1. The molecule has 6 heterocycles. The maximum Gasteiger partial charge on any atom is 0.439 e. The Hall–Kier alpha value is -10.2. The number of carboxylic acid groups (broad SMARTS) is 1. The molecule has 22 nitrogen and oxygen atoms in total. The number of H-pyrrole nitrogens is 3. The highest BCUT2D eigenvalue weighted by molar-refractivity contribution is 5.71. The number of hydrogen-bond acceptors (Lipinski definition) is 18. The third-order valence-corrected chi connectivity index (χ3v) is 11.0. The summed E-state index contributed by atoms with van der Waals surface area (Å²) in [5.74, 6) is -2.97. The number of carbonyl (C=O) groups is 2. The molecule has 0 aliphatic rings. The topological polar surface area (TPSA) is 318 Å². The number of halogens is 9. The van der Waals surface area contributed by atoms with Gasteiger partial charge in [0, 0.05) is 37.9 Å². The van der Waals surface area contributed by atoms with Crippen LogP contribution in [-0.2, 0) is 47.4 Å². The summed E-state index contributed by atoms with van der Waals surface area (Å²) in [5, 5.41) is 28.6. The molecule has 3 aromatic carbocycles. The first-order valence-electron chi connectivity index (χ1n) is 23.3. The third-order valence-electron chi connectivity index (χ3n) is 11.0. The lowest BCUT2D eigenvalue weighted by Crippen LogP contribution is -2.11. The van der Waals surface area contributed by atoms with Crippen molar-refractivity contribution in [3.63, 3.8) is 0 Å². The third kappa shape index (κ3) is 16.0. The van der Waals surface area contributed by atoms with Crippen LogP contribution in [0, 0.1) is 0 Å². The van der Waals surface area contributed by atoms with Crippen LogP contribution in [0.15, 0.2) is 138 Å². The Morgan fingerprint density at radius 3 is 1.09 bits per heavy atom. The first kappa shape index (κ1) is 59.5. The number of carboxylic acids is 1. The molecule has 0 saturated heterocycles. The van der Waals surface area contributed by atoms with E-state index in [9.17, 15) is 63.5 Å². The second kappa shape index (κ2) is 26.2. The Bertz CT molecular complexity index is 3780. The number of nitrogens with zero attached hydrogens (tertiary/aromatic N) is 6. The van der Waals surface area contributed by atoms with Crippen LogP contribution in [0.25, 0.3) is 34.2 Å². The summed E-state index contributed by atoms with van der Waals surface area (Å²) in [6.07, 6.45) is -8.15. The van der Waals surface area contributed by atoms with Gasteiger partial charge in [0.1, 0.15) is 30.5 Å². The van der Waals surface area contributed by atoms with E-state index in [1.807, 2.05) is 0 Å². The van der Waals surface area contributed by atoms with Crippen LogP contribution in [-0.4, -0.2) is 94.3 Å². The zero-order valence-corrected chi connectivity index (χ0v) is 41.4. The number of rotatable bonds is 18. The zero-order chi connectivity index (χ0) is 59.2. The Labute approximate surface area is 451 Å². The summed E-state index contributed by atoms with van der Waals surface area (Å²) in [4.78, 5) is 75.0. The number of aliphatic carboxylic acids is 1. The van der Waals surface area contributed by atoms with Crippen molar-refractivity contribution in [2.45, 2.75) is 37.8 Å². The first-order chi connectivity index (χ1) is 39.0. The molecule has 0 atom stereocenters. The van der Waals surface area contributed by atoms with Gasteiger partial charge in [0.25, 0.3) is 0 Å². The summed E-state index contributed by atoms with van der Waals surface area (Å²) < 4.78 is 144. The van der Waals surface area contributed by atoms with E-state index in [-0.39, 0.29) is 79.2 Å². The van der Waals surface area contributed by atoms with E-state index in [0.717, 1.165) is 36.4 Å². The van der Waals surface area contributed by atoms with E-state index in [1.54, 1.807) is 0 Å². The number of hydrogen-bond donors (Lipinski definition) is 5. The largest absolute Gasteiger partial charge is 0.490 e. The van der Waals surface area contributed by atoms with Gasteiger partial charge in [-0.1, -0.05) is 51.9 Å². The number of aliphatic hydroxyl groups is 1. The molecule has 31 heteroatoms. The van der Waals surface area contributed by atoms with Crippen molar-refractivity contribution in [2.24, 2.45) is 0 Å².